The monoisotopic (exact) mass is 475 g/mol. The van der Waals surface area contributed by atoms with E-state index in [1.54, 1.807) is 24.3 Å². The molecule has 0 spiro atoms. The first-order valence-corrected chi connectivity index (χ1v) is 11.6. The number of carbonyl (C=O) groups is 2. The van der Waals surface area contributed by atoms with Crippen LogP contribution in [0.15, 0.2) is 58.3 Å². The summed E-state index contributed by atoms with van der Waals surface area (Å²) in [5.41, 5.74) is 1.91. The smallest absolute Gasteiger partial charge is 0.336 e. The number of ketones is 1. The molecule has 1 aliphatic carbocycles. The molecule has 2 aromatic rings. The highest BCUT2D eigenvalue weighted by Gasteiger charge is 2.43. The summed E-state index contributed by atoms with van der Waals surface area (Å²) in [4.78, 5) is 27.6. The van der Waals surface area contributed by atoms with E-state index in [0.29, 0.717) is 23.4 Å². The van der Waals surface area contributed by atoms with Gasteiger partial charge < -0.3 is 14.8 Å². The highest BCUT2D eigenvalue weighted by molar-refractivity contribution is 7.10. The summed E-state index contributed by atoms with van der Waals surface area (Å²) >= 11 is 8.02. The molecule has 0 amide bonds. The molecule has 4 rings (SSSR count). The fourth-order valence-electron chi connectivity index (χ4n) is 4.40. The summed E-state index contributed by atoms with van der Waals surface area (Å²) < 4.78 is 25.4. The molecule has 0 saturated heterocycles. The number of methoxy groups -OCH3 is 1. The number of dihydropyridines is 1. The standard InChI is InChI=1S/C24H23ClFNO4S/c1-13-20(24(29)31-9-8-30-2)23(21-15(25)5-3-6-16(21)26)22-17(27-13)11-14(12-18(22)28)19-7-4-10-32-19/h3-7,10,14,23,27H,8-9,11-12H2,1-2H3. The minimum absolute atomic E-state index is 0.0356. The molecule has 1 aromatic heterocycles. The Morgan fingerprint density at radius 3 is 2.75 bits per heavy atom. The number of rotatable bonds is 6. The van der Waals surface area contributed by atoms with Gasteiger partial charge in [-0.05, 0) is 36.9 Å². The number of Topliss-reactive ketones (excluding diaryl/α,β-unsaturated/α-hetero) is 1. The summed E-state index contributed by atoms with van der Waals surface area (Å²) in [6.45, 7) is 2.01. The molecule has 0 radical (unpaired) electrons. The molecule has 2 aliphatic rings. The van der Waals surface area contributed by atoms with Crippen molar-refractivity contribution in [3.8, 4) is 0 Å². The minimum Gasteiger partial charge on any atom is -0.460 e. The van der Waals surface area contributed by atoms with Crippen molar-refractivity contribution in [2.75, 3.05) is 20.3 Å². The van der Waals surface area contributed by atoms with E-state index in [0.717, 1.165) is 4.88 Å². The molecule has 1 N–H and O–H groups in total. The van der Waals surface area contributed by atoms with Crippen LogP contribution in [0.2, 0.25) is 5.02 Å². The Labute approximate surface area is 194 Å². The number of nitrogens with one attached hydrogen (secondary N) is 1. The molecule has 2 heterocycles. The van der Waals surface area contributed by atoms with Crippen LogP contribution >= 0.6 is 22.9 Å². The number of ether oxygens (including phenoxy) is 2. The van der Waals surface area contributed by atoms with E-state index in [1.807, 2.05) is 17.5 Å². The highest BCUT2D eigenvalue weighted by Crippen LogP contribution is 2.48. The van der Waals surface area contributed by atoms with Crippen LogP contribution in [0.25, 0.3) is 0 Å². The lowest BCUT2D eigenvalue weighted by atomic mass is 9.72. The fraction of sp³-hybridized carbons (Fsp3) is 0.333. The number of halogens is 2. The van der Waals surface area contributed by atoms with E-state index in [2.05, 4.69) is 5.32 Å². The maximum absolute atomic E-state index is 15.1. The molecular weight excluding hydrogens is 453 g/mol. The van der Waals surface area contributed by atoms with Crippen LogP contribution in [-0.4, -0.2) is 32.1 Å². The molecule has 0 bridgehead atoms. The average molecular weight is 476 g/mol. The second-order valence-corrected chi connectivity index (χ2v) is 9.18. The molecule has 0 fully saturated rings. The third-order valence-electron chi connectivity index (χ3n) is 5.80. The van der Waals surface area contributed by atoms with Gasteiger partial charge in [0.1, 0.15) is 12.4 Å². The van der Waals surface area contributed by atoms with Crippen molar-refractivity contribution >= 4 is 34.7 Å². The Balaban J connectivity index is 1.81. The zero-order valence-electron chi connectivity index (χ0n) is 17.7. The molecule has 1 aliphatic heterocycles. The van der Waals surface area contributed by atoms with Crippen molar-refractivity contribution in [3.63, 3.8) is 0 Å². The second kappa shape index (κ2) is 9.57. The van der Waals surface area contributed by atoms with Gasteiger partial charge in [0.2, 0.25) is 0 Å². The van der Waals surface area contributed by atoms with Gasteiger partial charge in [0.25, 0.3) is 0 Å². The van der Waals surface area contributed by atoms with Crippen molar-refractivity contribution in [2.24, 2.45) is 0 Å². The predicted octanol–water partition coefficient (Wildman–Crippen LogP) is 5.09. The maximum Gasteiger partial charge on any atom is 0.336 e. The third kappa shape index (κ3) is 4.25. The van der Waals surface area contributed by atoms with Crippen LogP contribution in [0.5, 0.6) is 0 Å². The molecule has 2 unspecified atom stereocenters. The van der Waals surface area contributed by atoms with Crippen molar-refractivity contribution in [2.45, 2.75) is 31.6 Å². The Bertz CT molecular complexity index is 1090. The van der Waals surface area contributed by atoms with Crippen LogP contribution in [0.4, 0.5) is 4.39 Å². The van der Waals surface area contributed by atoms with Crippen LogP contribution < -0.4 is 5.32 Å². The second-order valence-electron chi connectivity index (χ2n) is 7.80. The largest absolute Gasteiger partial charge is 0.460 e. The van der Waals surface area contributed by atoms with E-state index in [-0.39, 0.29) is 47.5 Å². The first-order valence-electron chi connectivity index (χ1n) is 10.3. The SMILES string of the molecule is COCCOC(=O)C1=C(C)NC2=C(C(=O)CC(c3cccs3)C2)C1c1c(F)cccc1Cl. The summed E-state index contributed by atoms with van der Waals surface area (Å²) in [5.74, 6) is -2.23. The van der Waals surface area contributed by atoms with Gasteiger partial charge >= 0.3 is 5.97 Å². The van der Waals surface area contributed by atoms with Crippen molar-refractivity contribution in [1.29, 1.82) is 0 Å². The lowest BCUT2D eigenvalue weighted by Gasteiger charge is -2.36. The van der Waals surface area contributed by atoms with E-state index >= 15 is 4.39 Å². The topological polar surface area (TPSA) is 64.6 Å². The minimum atomic E-state index is -0.938. The summed E-state index contributed by atoms with van der Waals surface area (Å²) in [5, 5.41) is 5.39. The number of esters is 1. The summed E-state index contributed by atoms with van der Waals surface area (Å²) in [6.07, 6.45) is 0.877. The average Bonchev–Trinajstić information content (AvgIpc) is 3.28. The van der Waals surface area contributed by atoms with Crippen LogP contribution in [0.3, 0.4) is 0 Å². The zero-order valence-corrected chi connectivity index (χ0v) is 19.3. The Morgan fingerprint density at radius 2 is 2.06 bits per heavy atom. The number of thiophene rings is 1. The first kappa shape index (κ1) is 22.7. The number of carbonyl (C=O) groups excluding carboxylic acids is 2. The highest BCUT2D eigenvalue weighted by atomic mass is 35.5. The Hall–Kier alpha value is -2.48. The van der Waals surface area contributed by atoms with E-state index < -0.39 is 17.7 Å². The van der Waals surface area contributed by atoms with Gasteiger partial charge in [-0.2, -0.15) is 0 Å². The predicted molar refractivity (Wildman–Crippen MR) is 121 cm³/mol. The van der Waals surface area contributed by atoms with Crippen LogP contribution in [-0.2, 0) is 19.1 Å². The molecule has 0 saturated carbocycles. The molecule has 2 atom stereocenters. The fourth-order valence-corrected chi connectivity index (χ4v) is 5.51. The van der Waals surface area contributed by atoms with Gasteiger partial charge in [-0.3, -0.25) is 4.79 Å². The van der Waals surface area contributed by atoms with E-state index in [1.165, 1.54) is 19.2 Å². The molecule has 32 heavy (non-hydrogen) atoms. The van der Waals surface area contributed by atoms with Crippen LogP contribution in [0, 0.1) is 5.82 Å². The van der Waals surface area contributed by atoms with Gasteiger partial charge in [0, 0.05) is 51.9 Å². The molecule has 1 aromatic carbocycles. The Morgan fingerprint density at radius 1 is 1.25 bits per heavy atom. The lowest BCUT2D eigenvalue weighted by Crippen LogP contribution is -2.36. The first-order chi connectivity index (χ1) is 15.4. The number of benzene rings is 1. The van der Waals surface area contributed by atoms with Crippen molar-refractivity contribution in [3.05, 3.63) is 79.5 Å². The molecule has 8 heteroatoms. The summed E-state index contributed by atoms with van der Waals surface area (Å²) in [6, 6.07) is 8.33. The van der Waals surface area contributed by atoms with E-state index in [4.69, 9.17) is 21.1 Å². The lowest BCUT2D eigenvalue weighted by molar-refractivity contribution is -0.140. The molecular formula is C24H23ClFNO4S. The van der Waals surface area contributed by atoms with Crippen LogP contribution in [0.1, 0.15) is 42.0 Å². The van der Waals surface area contributed by atoms with Gasteiger partial charge in [-0.1, -0.05) is 23.7 Å². The number of allylic oxidation sites excluding steroid dienone is 3. The molecule has 5 nitrogen and oxygen atoms in total. The van der Waals surface area contributed by atoms with Gasteiger partial charge in [0.15, 0.2) is 5.78 Å². The van der Waals surface area contributed by atoms with Crippen molar-refractivity contribution in [1.82, 2.24) is 5.32 Å². The number of hydrogen-bond acceptors (Lipinski definition) is 6. The van der Waals surface area contributed by atoms with Gasteiger partial charge in [-0.15, -0.1) is 11.3 Å². The van der Waals surface area contributed by atoms with Crippen molar-refractivity contribution < 1.29 is 23.5 Å². The van der Waals surface area contributed by atoms with Gasteiger partial charge in [-0.25, -0.2) is 9.18 Å². The maximum atomic E-state index is 15.1. The summed E-state index contributed by atoms with van der Waals surface area (Å²) in [7, 11) is 1.50. The third-order valence-corrected chi connectivity index (χ3v) is 7.17. The number of hydrogen-bond donors (Lipinski definition) is 1. The van der Waals surface area contributed by atoms with Gasteiger partial charge in [0.05, 0.1) is 18.1 Å². The Kier molecular flexibility index (Phi) is 6.79. The normalized spacial score (nSPS) is 20.8. The quantitative estimate of drug-likeness (QED) is 0.465. The zero-order chi connectivity index (χ0) is 22.8. The van der Waals surface area contributed by atoms with E-state index in [9.17, 15) is 9.59 Å². The molecule has 168 valence electrons.